The quantitative estimate of drug-likeness (QED) is 0.922. The summed E-state index contributed by atoms with van der Waals surface area (Å²) in [5.41, 5.74) is 1.63. The average Bonchev–Trinajstić information content (AvgIpc) is 2.46. The molecule has 1 aliphatic rings. The molecule has 0 heterocycles. The van der Waals surface area contributed by atoms with Gasteiger partial charge in [-0.3, -0.25) is 0 Å². The molecule has 0 bridgehead atoms. The van der Waals surface area contributed by atoms with E-state index in [1.807, 2.05) is 19.2 Å². The molecule has 2 rings (SSSR count). The molecule has 1 saturated carbocycles. The molecule has 1 aliphatic carbocycles. The zero-order valence-corrected chi connectivity index (χ0v) is 12.2. The van der Waals surface area contributed by atoms with E-state index >= 15 is 0 Å². The maximum absolute atomic E-state index is 8.90. The van der Waals surface area contributed by atoms with Crippen molar-refractivity contribution >= 4 is 17.3 Å². The van der Waals surface area contributed by atoms with E-state index in [1.54, 1.807) is 6.07 Å². The van der Waals surface area contributed by atoms with Crippen LogP contribution in [0.5, 0.6) is 0 Å². The highest BCUT2D eigenvalue weighted by atomic mass is 35.5. The Morgan fingerprint density at radius 3 is 2.53 bits per heavy atom. The molecule has 0 radical (unpaired) electrons. The Kier molecular flexibility index (Phi) is 4.68. The number of benzene rings is 1. The molecule has 3 nitrogen and oxygen atoms in total. The van der Waals surface area contributed by atoms with Crippen LogP contribution in [0.3, 0.4) is 0 Å². The lowest BCUT2D eigenvalue weighted by molar-refractivity contribution is 0.351. The largest absolute Gasteiger partial charge is 0.372 e. The fraction of sp³-hybridized carbons (Fsp3) is 0.533. The topological polar surface area (TPSA) is 39.1 Å². The minimum Gasteiger partial charge on any atom is -0.372 e. The van der Waals surface area contributed by atoms with E-state index in [0.29, 0.717) is 22.7 Å². The first kappa shape index (κ1) is 14.2. The Hall–Kier alpha value is -1.24. The van der Waals surface area contributed by atoms with Gasteiger partial charge in [-0.1, -0.05) is 11.6 Å². The van der Waals surface area contributed by atoms with Crippen molar-refractivity contribution < 1.29 is 0 Å². The molecule has 19 heavy (non-hydrogen) atoms. The predicted octanol–water partition coefficient (Wildman–Crippen LogP) is 3.18. The minimum atomic E-state index is 0.538. The van der Waals surface area contributed by atoms with E-state index in [1.165, 1.54) is 25.7 Å². The molecule has 0 saturated heterocycles. The zero-order valence-electron chi connectivity index (χ0n) is 11.5. The van der Waals surface area contributed by atoms with Crippen LogP contribution in [-0.4, -0.2) is 26.2 Å². The molecule has 1 N–H and O–H groups in total. The highest BCUT2D eigenvalue weighted by Crippen LogP contribution is 2.29. The number of hydrogen-bond donors (Lipinski definition) is 1. The van der Waals surface area contributed by atoms with Crippen molar-refractivity contribution in [1.29, 1.82) is 5.26 Å². The summed E-state index contributed by atoms with van der Waals surface area (Å²) < 4.78 is 0. The van der Waals surface area contributed by atoms with Gasteiger partial charge in [0.15, 0.2) is 0 Å². The van der Waals surface area contributed by atoms with Crippen molar-refractivity contribution in [3.63, 3.8) is 0 Å². The van der Waals surface area contributed by atoms with Gasteiger partial charge in [-0.2, -0.15) is 5.26 Å². The van der Waals surface area contributed by atoms with Crippen LogP contribution >= 0.6 is 11.6 Å². The smallest absolute Gasteiger partial charge is 0.101 e. The number of nitriles is 1. The number of rotatable bonds is 3. The normalized spacial score (nSPS) is 22.8. The molecule has 0 aliphatic heterocycles. The summed E-state index contributed by atoms with van der Waals surface area (Å²) in [4.78, 5) is 2.29. The van der Waals surface area contributed by atoms with E-state index in [9.17, 15) is 0 Å². The summed E-state index contributed by atoms with van der Waals surface area (Å²) >= 11 is 6.10. The van der Waals surface area contributed by atoms with Crippen molar-refractivity contribution in [2.45, 2.75) is 37.8 Å². The van der Waals surface area contributed by atoms with Gasteiger partial charge >= 0.3 is 0 Å². The molecule has 1 fully saturated rings. The molecule has 102 valence electrons. The van der Waals surface area contributed by atoms with Crippen molar-refractivity contribution in [3.8, 4) is 6.07 Å². The van der Waals surface area contributed by atoms with Gasteiger partial charge in [-0.25, -0.2) is 0 Å². The van der Waals surface area contributed by atoms with Gasteiger partial charge in [0, 0.05) is 24.8 Å². The van der Waals surface area contributed by atoms with Gasteiger partial charge in [0.1, 0.15) is 6.07 Å². The lowest BCUT2D eigenvalue weighted by atomic mass is 9.90. The molecular formula is C15H20ClN3. The minimum absolute atomic E-state index is 0.538. The van der Waals surface area contributed by atoms with Crippen molar-refractivity contribution in [2.75, 3.05) is 19.0 Å². The molecule has 0 amide bonds. The van der Waals surface area contributed by atoms with Crippen LogP contribution in [0, 0.1) is 11.3 Å². The highest BCUT2D eigenvalue weighted by molar-refractivity contribution is 6.32. The first-order valence-electron chi connectivity index (χ1n) is 6.75. The Morgan fingerprint density at radius 2 is 2.00 bits per heavy atom. The fourth-order valence-electron chi connectivity index (χ4n) is 2.78. The first-order valence-corrected chi connectivity index (χ1v) is 7.13. The van der Waals surface area contributed by atoms with Crippen molar-refractivity contribution in [2.24, 2.45) is 0 Å². The molecule has 4 heteroatoms. The van der Waals surface area contributed by atoms with Crippen molar-refractivity contribution in [3.05, 3.63) is 28.8 Å². The Labute approximate surface area is 120 Å². The molecule has 0 unspecified atom stereocenters. The first-order chi connectivity index (χ1) is 9.15. The Morgan fingerprint density at radius 1 is 1.32 bits per heavy atom. The van der Waals surface area contributed by atoms with E-state index in [2.05, 4.69) is 23.3 Å². The van der Waals surface area contributed by atoms with Crippen LogP contribution < -0.4 is 10.2 Å². The number of halogens is 1. The van der Waals surface area contributed by atoms with Crippen molar-refractivity contribution in [1.82, 2.24) is 5.32 Å². The number of anilines is 1. The van der Waals surface area contributed by atoms with Gasteiger partial charge in [-0.15, -0.1) is 0 Å². The summed E-state index contributed by atoms with van der Waals surface area (Å²) in [6, 6.07) is 8.99. The van der Waals surface area contributed by atoms with Crippen LogP contribution in [-0.2, 0) is 0 Å². The van der Waals surface area contributed by atoms with E-state index < -0.39 is 0 Å². The molecular weight excluding hydrogens is 258 g/mol. The second kappa shape index (κ2) is 6.27. The number of nitrogens with one attached hydrogen (secondary N) is 1. The summed E-state index contributed by atoms with van der Waals surface area (Å²) in [6.45, 7) is 0. The lowest BCUT2D eigenvalue weighted by Crippen LogP contribution is -2.39. The SMILES string of the molecule is CNC1CCC(N(C)c2ccc(C#N)c(Cl)c2)CC1. The summed E-state index contributed by atoms with van der Waals surface area (Å²) in [5, 5.41) is 12.8. The summed E-state index contributed by atoms with van der Waals surface area (Å²) in [5.74, 6) is 0. The molecule has 1 aromatic carbocycles. The number of nitrogens with zero attached hydrogens (tertiary/aromatic N) is 2. The van der Waals surface area contributed by atoms with Crippen LogP contribution in [0.4, 0.5) is 5.69 Å². The highest BCUT2D eigenvalue weighted by Gasteiger charge is 2.23. The molecule has 0 atom stereocenters. The summed E-state index contributed by atoms with van der Waals surface area (Å²) in [7, 11) is 4.15. The van der Waals surface area contributed by atoms with Gasteiger partial charge < -0.3 is 10.2 Å². The standard InChI is InChI=1S/C15H20ClN3/c1-18-12-4-7-13(8-5-12)19(2)14-6-3-11(10-17)15(16)9-14/h3,6,9,12-13,18H,4-5,7-8H2,1-2H3. The second-order valence-electron chi connectivity index (χ2n) is 5.18. The van der Waals surface area contributed by atoms with Gasteiger partial charge in [0.25, 0.3) is 0 Å². The third-order valence-corrected chi connectivity index (χ3v) is 4.45. The second-order valence-corrected chi connectivity index (χ2v) is 5.59. The van der Waals surface area contributed by atoms with E-state index in [0.717, 1.165) is 5.69 Å². The van der Waals surface area contributed by atoms with Crippen LogP contribution in [0.2, 0.25) is 5.02 Å². The van der Waals surface area contributed by atoms with Gasteiger partial charge in [-0.05, 0) is 50.9 Å². The van der Waals surface area contributed by atoms with Crippen LogP contribution in [0.1, 0.15) is 31.2 Å². The zero-order chi connectivity index (χ0) is 13.8. The average molecular weight is 278 g/mol. The maximum Gasteiger partial charge on any atom is 0.101 e. The van der Waals surface area contributed by atoms with Gasteiger partial charge in [0.05, 0.1) is 10.6 Å². The number of hydrogen-bond acceptors (Lipinski definition) is 3. The summed E-state index contributed by atoms with van der Waals surface area (Å²) in [6.07, 6.45) is 4.82. The third kappa shape index (κ3) is 3.20. The van der Waals surface area contributed by atoms with E-state index in [-0.39, 0.29) is 0 Å². The molecule has 0 spiro atoms. The molecule has 1 aromatic rings. The predicted molar refractivity (Wildman–Crippen MR) is 79.7 cm³/mol. The maximum atomic E-state index is 8.90. The monoisotopic (exact) mass is 277 g/mol. The van der Waals surface area contributed by atoms with Crippen LogP contribution in [0.15, 0.2) is 18.2 Å². The fourth-order valence-corrected chi connectivity index (χ4v) is 2.99. The Balaban J connectivity index is 2.06. The lowest BCUT2D eigenvalue weighted by Gasteiger charge is -2.36. The Bertz CT molecular complexity index is 473. The molecule has 0 aromatic heterocycles. The third-order valence-electron chi connectivity index (χ3n) is 4.13. The van der Waals surface area contributed by atoms with E-state index in [4.69, 9.17) is 16.9 Å². The van der Waals surface area contributed by atoms with Crippen LogP contribution in [0.25, 0.3) is 0 Å². The van der Waals surface area contributed by atoms with Gasteiger partial charge in [0.2, 0.25) is 0 Å².